The lowest BCUT2D eigenvalue weighted by Gasteiger charge is -2.06. The van der Waals surface area contributed by atoms with Gasteiger partial charge in [-0.1, -0.05) is 30.3 Å². The third-order valence-electron chi connectivity index (χ3n) is 3.15. The Bertz CT molecular complexity index is 588. The number of rotatable bonds is 6. The maximum absolute atomic E-state index is 13.5. The van der Waals surface area contributed by atoms with E-state index in [1.54, 1.807) is 6.07 Å². The fourth-order valence-electron chi connectivity index (χ4n) is 2.07. The van der Waals surface area contributed by atoms with Crippen LogP contribution in [0.3, 0.4) is 0 Å². The lowest BCUT2D eigenvalue weighted by Crippen LogP contribution is -2.16. The molecule has 0 aliphatic carbocycles. The monoisotopic (exact) mass is 268 g/mol. The highest BCUT2D eigenvalue weighted by Crippen LogP contribution is 2.10. The van der Waals surface area contributed by atoms with Crippen molar-refractivity contribution in [1.82, 2.24) is 5.32 Å². The molecule has 0 bridgehead atoms. The first-order chi connectivity index (χ1) is 9.79. The number of hydrogen-bond acceptors (Lipinski definition) is 2. The highest BCUT2D eigenvalue weighted by atomic mass is 19.1. The van der Waals surface area contributed by atoms with Gasteiger partial charge in [-0.15, -0.1) is 0 Å². The van der Waals surface area contributed by atoms with Gasteiger partial charge < -0.3 is 5.32 Å². The molecule has 0 aliphatic heterocycles. The van der Waals surface area contributed by atoms with Gasteiger partial charge in [-0.25, -0.2) is 4.39 Å². The number of nitrogens with one attached hydrogen (secondary N) is 1. The summed E-state index contributed by atoms with van der Waals surface area (Å²) in [7, 11) is 0. The molecule has 3 heteroatoms. The number of nitriles is 1. The molecule has 0 amide bonds. The zero-order valence-electron chi connectivity index (χ0n) is 11.3. The van der Waals surface area contributed by atoms with Crippen molar-refractivity contribution in [3.05, 3.63) is 71.0 Å². The summed E-state index contributed by atoms with van der Waals surface area (Å²) in [5.41, 5.74) is 2.35. The molecule has 2 aromatic rings. The fourth-order valence-corrected chi connectivity index (χ4v) is 2.07. The first-order valence-electron chi connectivity index (χ1n) is 6.73. The Labute approximate surface area is 118 Å². The van der Waals surface area contributed by atoms with E-state index in [1.807, 2.05) is 24.3 Å². The van der Waals surface area contributed by atoms with Gasteiger partial charge in [0.05, 0.1) is 11.6 Å². The van der Waals surface area contributed by atoms with E-state index in [0.29, 0.717) is 17.7 Å². The summed E-state index contributed by atoms with van der Waals surface area (Å²) in [6.07, 6.45) is 2.01. The van der Waals surface area contributed by atoms with Crippen LogP contribution in [0.25, 0.3) is 0 Å². The van der Waals surface area contributed by atoms with E-state index in [0.717, 1.165) is 19.4 Å². The summed E-state index contributed by atoms with van der Waals surface area (Å²) in [6.45, 7) is 1.28. The van der Waals surface area contributed by atoms with Gasteiger partial charge in [0.25, 0.3) is 0 Å². The number of halogens is 1. The molecule has 102 valence electrons. The average Bonchev–Trinajstić information content (AvgIpc) is 2.50. The Morgan fingerprint density at radius 3 is 2.65 bits per heavy atom. The molecule has 0 radical (unpaired) electrons. The molecule has 0 atom stereocenters. The summed E-state index contributed by atoms with van der Waals surface area (Å²) in [5, 5.41) is 12.0. The van der Waals surface area contributed by atoms with E-state index in [-0.39, 0.29) is 5.82 Å². The summed E-state index contributed by atoms with van der Waals surface area (Å²) in [5.74, 6) is -0.264. The van der Waals surface area contributed by atoms with Crippen LogP contribution in [0.1, 0.15) is 23.1 Å². The van der Waals surface area contributed by atoms with E-state index in [9.17, 15) is 4.39 Å². The normalized spacial score (nSPS) is 10.2. The van der Waals surface area contributed by atoms with Gasteiger partial charge in [0.15, 0.2) is 0 Å². The van der Waals surface area contributed by atoms with Gasteiger partial charge in [-0.05, 0) is 43.1 Å². The second-order valence-electron chi connectivity index (χ2n) is 4.68. The SMILES string of the molecule is N#Cc1ccc(F)c(CNCCCc2ccccc2)c1. The summed E-state index contributed by atoms with van der Waals surface area (Å²) in [6, 6.07) is 16.7. The number of aryl methyl sites for hydroxylation is 1. The second kappa shape index (κ2) is 7.42. The molecule has 20 heavy (non-hydrogen) atoms. The zero-order valence-corrected chi connectivity index (χ0v) is 11.3. The molecule has 1 N–H and O–H groups in total. The third kappa shape index (κ3) is 4.18. The van der Waals surface area contributed by atoms with E-state index in [1.165, 1.54) is 17.7 Å². The molecule has 0 fully saturated rings. The van der Waals surface area contributed by atoms with Gasteiger partial charge in [-0.2, -0.15) is 5.26 Å². The Hall–Kier alpha value is -2.18. The largest absolute Gasteiger partial charge is 0.313 e. The van der Waals surface area contributed by atoms with Crippen LogP contribution < -0.4 is 5.32 Å². The van der Waals surface area contributed by atoms with Crippen LogP contribution in [-0.4, -0.2) is 6.54 Å². The van der Waals surface area contributed by atoms with Crippen LogP contribution in [0, 0.1) is 17.1 Å². The van der Waals surface area contributed by atoms with E-state index in [4.69, 9.17) is 5.26 Å². The minimum atomic E-state index is -0.264. The Balaban J connectivity index is 1.75. The lowest BCUT2D eigenvalue weighted by molar-refractivity contribution is 0.581. The predicted octanol–water partition coefficient (Wildman–Crippen LogP) is 3.42. The van der Waals surface area contributed by atoms with Crippen molar-refractivity contribution in [2.75, 3.05) is 6.54 Å². The molecule has 0 aliphatic rings. The molecule has 2 nitrogen and oxygen atoms in total. The predicted molar refractivity (Wildman–Crippen MR) is 77.6 cm³/mol. The van der Waals surface area contributed by atoms with Gasteiger partial charge in [0, 0.05) is 12.1 Å². The van der Waals surface area contributed by atoms with Crippen LogP contribution in [0.4, 0.5) is 4.39 Å². The summed E-state index contributed by atoms with van der Waals surface area (Å²) >= 11 is 0. The van der Waals surface area contributed by atoms with E-state index >= 15 is 0 Å². The average molecular weight is 268 g/mol. The van der Waals surface area contributed by atoms with Crippen LogP contribution in [0.2, 0.25) is 0 Å². The minimum absolute atomic E-state index is 0.264. The molecule has 0 unspecified atom stereocenters. The Kier molecular flexibility index (Phi) is 5.28. The molecule has 0 aromatic heterocycles. The zero-order chi connectivity index (χ0) is 14.2. The Morgan fingerprint density at radius 2 is 1.90 bits per heavy atom. The van der Waals surface area contributed by atoms with Crippen molar-refractivity contribution in [3.63, 3.8) is 0 Å². The molecular weight excluding hydrogens is 251 g/mol. The topological polar surface area (TPSA) is 35.8 Å². The van der Waals surface area contributed by atoms with Gasteiger partial charge in [-0.3, -0.25) is 0 Å². The van der Waals surface area contributed by atoms with Crippen LogP contribution in [-0.2, 0) is 13.0 Å². The number of benzene rings is 2. The highest BCUT2D eigenvalue weighted by molar-refractivity contribution is 5.33. The minimum Gasteiger partial charge on any atom is -0.313 e. The van der Waals surface area contributed by atoms with Crippen molar-refractivity contribution < 1.29 is 4.39 Å². The smallest absolute Gasteiger partial charge is 0.127 e. The van der Waals surface area contributed by atoms with E-state index < -0.39 is 0 Å². The van der Waals surface area contributed by atoms with Crippen molar-refractivity contribution in [1.29, 1.82) is 5.26 Å². The van der Waals surface area contributed by atoms with Crippen LogP contribution in [0.5, 0.6) is 0 Å². The van der Waals surface area contributed by atoms with Crippen molar-refractivity contribution in [2.45, 2.75) is 19.4 Å². The summed E-state index contributed by atoms with van der Waals surface area (Å²) < 4.78 is 13.5. The van der Waals surface area contributed by atoms with Crippen molar-refractivity contribution in [3.8, 4) is 6.07 Å². The molecule has 2 aromatic carbocycles. The maximum atomic E-state index is 13.5. The number of hydrogen-bond donors (Lipinski definition) is 1. The van der Waals surface area contributed by atoms with Gasteiger partial charge in [0.2, 0.25) is 0 Å². The molecule has 0 heterocycles. The van der Waals surface area contributed by atoms with E-state index in [2.05, 4.69) is 17.4 Å². The fraction of sp³-hybridized carbons (Fsp3) is 0.235. The first kappa shape index (κ1) is 14.2. The molecule has 0 saturated heterocycles. The van der Waals surface area contributed by atoms with Gasteiger partial charge >= 0.3 is 0 Å². The maximum Gasteiger partial charge on any atom is 0.127 e. The quantitative estimate of drug-likeness (QED) is 0.815. The standard InChI is InChI=1S/C17H17FN2/c18-17-9-8-15(12-19)11-16(17)13-20-10-4-7-14-5-2-1-3-6-14/h1-3,5-6,8-9,11,20H,4,7,10,13H2. The Morgan fingerprint density at radius 1 is 1.10 bits per heavy atom. The molecular formula is C17H17FN2. The third-order valence-corrected chi connectivity index (χ3v) is 3.15. The lowest BCUT2D eigenvalue weighted by atomic mass is 10.1. The molecule has 0 spiro atoms. The molecule has 2 rings (SSSR count). The van der Waals surface area contributed by atoms with Crippen molar-refractivity contribution >= 4 is 0 Å². The number of nitrogens with zero attached hydrogens (tertiary/aromatic N) is 1. The van der Waals surface area contributed by atoms with Crippen LogP contribution in [0.15, 0.2) is 48.5 Å². The van der Waals surface area contributed by atoms with Crippen LogP contribution >= 0.6 is 0 Å². The molecule has 0 saturated carbocycles. The van der Waals surface area contributed by atoms with Crippen molar-refractivity contribution in [2.24, 2.45) is 0 Å². The van der Waals surface area contributed by atoms with Gasteiger partial charge in [0.1, 0.15) is 5.82 Å². The summed E-state index contributed by atoms with van der Waals surface area (Å²) in [4.78, 5) is 0. The second-order valence-corrected chi connectivity index (χ2v) is 4.68. The first-order valence-corrected chi connectivity index (χ1v) is 6.73. The highest BCUT2D eigenvalue weighted by Gasteiger charge is 2.03.